The number of hydrogen-bond acceptors (Lipinski definition) is 3. The molecule has 4 nitrogen and oxygen atoms in total. The zero-order valence-corrected chi connectivity index (χ0v) is 14.5. The monoisotopic (exact) mass is 284 g/mol. The van der Waals surface area contributed by atoms with Crippen LogP contribution in [0.15, 0.2) is 0 Å². The summed E-state index contributed by atoms with van der Waals surface area (Å²) >= 11 is 0. The summed E-state index contributed by atoms with van der Waals surface area (Å²) in [7, 11) is 1.87. The topological polar surface area (TPSA) is 49.4 Å². The van der Waals surface area contributed by atoms with Crippen LogP contribution < -0.4 is 5.32 Å². The van der Waals surface area contributed by atoms with Crippen molar-refractivity contribution in [3.63, 3.8) is 0 Å². The summed E-state index contributed by atoms with van der Waals surface area (Å²) in [6.45, 7) is 14.7. The van der Waals surface area contributed by atoms with Crippen LogP contribution in [0.3, 0.4) is 0 Å². The predicted molar refractivity (Wildman–Crippen MR) is 83.4 cm³/mol. The van der Waals surface area contributed by atoms with Gasteiger partial charge >= 0.3 is 0 Å². The molecule has 1 unspecified atom stereocenters. The van der Waals surface area contributed by atoms with Gasteiger partial charge in [-0.05, 0) is 17.9 Å². The van der Waals surface area contributed by atoms with Gasteiger partial charge in [-0.3, -0.25) is 14.5 Å². The van der Waals surface area contributed by atoms with Crippen molar-refractivity contribution >= 4 is 11.8 Å². The fraction of sp³-hybridized carbons (Fsp3) is 0.875. The van der Waals surface area contributed by atoms with E-state index in [1.807, 2.05) is 34.7 Å². The Balaban J connectivity index is 0.00000172. The van der Waals surface area contributed by atoms with Crippen LogP contribution in [0.25, 0.3) is 0 Å². The molecule has 2 amide bonds. The van der Waals surface area contributed by atoms with Gasteiger partial charge in [-0.15, -0.1) is 0 Å². The highest BCUT2D eigenvalue weighted by atomic mass is 16.2. The second-order valence-corrected chi connectivity index (χ2v) is 7.12. The van der Waals surface area contributed by atoms with Gasteiger partial charge in [0.05, 0.1) is 0 Å². The molecule has 20 heavy (non-hydrogen) atoms. The molecule has 0 bridgehead atoms. The lowest BCUT2D eigenvalue weighted by molar-refractivity contribution is -0.153. The first-order chi connectivity index (χ1) is 9.07. The van der Waals surface area contributed by atoms with Crippen LogP contribution in [-0.4, -0.2) is 36.3 Å². The highest BCUT2D eigenvalue weighted by Gasteiger charge is 2.39. The third kappa shape index (κ3) is 5.23. The van der Waals surface area contributed by atoms with Gasteiger partial charge in [-0.25, -0.2) is 0 Å². The van der Waals surface area contributed by atoms with E-state index in [4.69, 9.17) is 0 Å². The molecule has 0 aromatic rings. The average Bonchev–Trinajstić information content (AvgIpc) is 2.27. The molecule has 1 N–H and O–H groups in total. The number of piperidine rings is 1. The van der Waals surface area contributed by atoms with Crippen LogP contribution >= 0.6 is 0 Å². The molecule has 0 aromatic heterocycles. The van der Waals surface area contributed by atoms with Crippen molar-refractivity contribution in [2.75, 3.05) is 13.6 Å². The molecule has 0 spiro atoms. The molecule has 1 heterocycles. The Kier molecular flexibility index (Phi) is 6.88. The third-order valence-electron chi connectivity index (χ3n) is 3.62. The third-order valence-corrected chi connectivity index (χ3v) is 3.62. The van der Waals surface area contributed by atoms with Gasteiger partial charge in [0.2, 0.25) is 11.8 Å². The zero-order chi connectivity index (χ0) is 16.1. The molecule has 1 atom stereocenters. The van der Waals surface area contributed by atoms with E-state index < -0.39 is 0 Å². The number of hydrogen-bond donors (Lipinski definition) is 1. The molecule has 1 aliphatic rings. The van der Waals surface area contributed by atoms with Crippen molar-refractivity contribution in [3.8, 4) is 0 Å². The summed E-state index contributed by atoms with van der Waals surface area (Å²) < 4.78 is 0. The molecule has 1 saturated heterocycles. The quantitative estimate of drug-likeness (QED) is 0.811. The van der Waals surface area contributed by atoms with Gasteiger partial charge in [-0.2, -0.15) is 0 Å². The van der Waals surface area contributed by atoms with E-state index in [9.17, 15) is 9.59 Å². The summed E-state index contributed by atoms with van der Waals surface area (Å²) in [6, 6.07) is 0.117. The number of likely N-dealkylation sites (tertiary alicyclic amines) is 1. The predicted octanol–water partition coefficient (Wildman–Crippen LogP) is 2.82. The Hall–Kier alpha value is -0.900. The molecule has 1 rings (SSSR count). The molecule has 0 aromatic carbocycles. The summed E-state index contributed by atoms with van der Waals surface area (Å²) in [5.41, 5.74) is -0.177. The van der Waals surface area contributed by atoms with Crippen molar-refractivity contribution < 1.29 is 9.59 Å². The smallest absolute Gasteiger partial charge is 0.229 e. The van der Waals surface area contributed by atoms with Gasteiger partial charge in [0.1, 0.15) is 0 Å². The molecule has 0 radical (unpaired) electrons. The maximum atomic E-state index is 12.1. The van der Waals surface area contributed by atoms with Crippen LogP contribution in [0.1, 0.15) is 61.3 Å². The maximum Gasteiger partial charge on any atom is 0.229 e. The van der Waals surface area contributed by atoms with E-state index in [-0.39, 0.29) is 28.7 Å². The minimum Gasteiger partial charge on any atom is -0.315 e. The van der Waals surface area contributed by atoms with E-state index in [1.165, 1.54) is 4.90 Å². The van der Waals surface area contributed by atoms with Crippen LogP contribution in [0, 0.1) is 10.8 Å². The molecule has 0 saturated carbocycles. The van der Waals surface area contributed by atoms with Crippen LogP contribution in [0.4, 0.5) is 0 Å². The number of nitrogens with zero attached hydrogens (tertiary/aromatic N) is 1. The molecule has 1 aliphatic heterocycles. The van der Waals surface area contributed by atoms with Gasteiger partial charge in [0.15, 0.2) is 0 Å². The average molecular weight is 284 g/mol. The van der Waals surface area contributed by atoms with Gasteiger partial charge in [0, 0.05) is 25.4 Å². The number of rotatable bonds is 3. The molecule has 0 aliphatic carbocycles. The molecule has 4 heteroatoms. The van der Waals surface area contributed by atoms with E-state index >= 15 is 0 Å². The molecule has 118 valence electrons. The van der Waals surface area contributed by atoms with Crippen LogP contribution in [-0.2, 0) is 9.59 Å². The standard InChI is InChI=1S/C14H26N2O2.C2H6/c1-13(2,3)10(15-6)9-16-11(17)7-14(4,5)8-12(16)18;1-2/h10,15H,7-9H2,1-6H3;1-2H3. The fourth-order valence-electron chi connectivity index (χ4n) is 2.40. The van der Waals surface area contributed by atoms with Crippen molar-refractivity contribution in [2.24, 2.45) is 10.8 Å². The first-order valence-corrected chi connectivity index (χ1v) is 7.57. The van der Waals surface area contributed by atoms with Crippen molar-refractivity contribution in [1.29, 1.82) is 0 Å². The van der Waals surface area contributed by atoms with E-state index in [2.05, 4.69) is 26.1 Å². The Morgan fingerprint density at radius 2 is 1.55 bits per heavy atom. The maximum absolute atomic E-state index is 12.1. The minimum atomic E-state index is -0.193. The highest BCUT2D eigenvalue weighted by Crippen LogP contribution is 2.32. The lowest BCUT2D eigenvalue weighted by Gasteiger charge is -2.39. The first kappa shape index (κ1) is 19.1. The SMILES string of the molecule is CC.CNC(CN1C(=O)CC(C)(C)CC1=O)C(C)(C)C. The normalized spacial score (nSPS) is 20.3. The second-order valence-electron chi connectivity index (χ2n) is 7.12. The number of carbonyl (C=O) groups excluding carboxylic acids is 2. The summed E-state index contributed by atoms with van der Waals surface area (Å²) in [5, 5.41) is 3.21. The minimum absolute atomic E-state index is 0.0161. The van der Waals surface area contributed by atoms with Gasteiger partial charge in [-0.1, -0.05) is 48.5 Å². The lowest BCUT2D eigenvalue weighted by Crippen LogP contribution is -2.54. The van der Waals surface area contributed by atoms with E-state index in [0.29, 0.717) is 19.4 Å². The summed E-state index contributed by atoms with van der Waals surface area (Å²) in [5.74, 6) is -0.0819. The number of carbonyl (C=O) groups is 2. The zero-order valence-electron chi connectivity index (χ0n) is 14.5. The van der Waals surface area contributed by atoms with E-state index in [1.54, 1.807) is 0 Å². The number of imide groups is 1. The molecular weight excluding hydrogens is 252 g/mol. The van der Waals surface area contributed by atoms with E-state index in [0.717, 1.165) is 0 Å². The van der Waals surface area contributed by atoms with Crippen molar-refractivity contribution in [3.05, 3.63) is 0 Å². The molecule has 1 fully saturated rings. The first-order valence-electron chi connectivity index (χ1n) is 7.57. The van der Waals surface area contributed by atoms with Crippen molar-refractivity contribution in [2.45, 2.75) is 67.3 Å². The Bertz CT molecular complexity index is 323. The van der Waals surface area contributed by atoms with Crippen LogP contribution in [0.5, 0.6) is 0 Å². The molecular formula is C16H32N2O2. The fourth-order valence-corrected chi connectivity index (χ4v) is 2.40. The Morgan fingerprint density at radius 3 is 1.85 bits per heavy atom. The van der Waals surface area contributed by atoms with Gasteiger partial charge < -0.3 is 5.32 Å². The largest absolute Gasteiger partial charge is 0.315 e. The van der Waals surface area contributed by atoms with Crippen LogP contribution in [0.2, 0.25) is 0 Å². The highest BCUT2D eigenvalue weighted by molar-refractivity contribution is 5.98. The second kappa shape index (κ2) is 7.21. The number of likely N-dealkylation sites (N-methyl/N-ethyl adjacent to an activating group) is 1. The summed E-state index contributed by atoms with van der Waals surface area (Å²) in [4.78, 5) is 25.6. The Morgan fingerprint density at radius 1 is 1.15 bits per heavy atom. The van der Waals surface area contributed by atoms with Crippen molar-refractivity contribution in [1.82, 2.24) is 10.2 Å². The van der Waals surface area contributed by atoms with Gasteiger partial charge in [0.25, 0.3) is 0 Å². The number of amides is 2. The number of nitrogens with one attached hydrogen (secondary N) is 1. The lowest BCUT2D eigenvalue weighted by atomic mass is 9.80. The summed E-state index contributed by atoms with van der Waals surface area (Å²) in [6.07, 6.45) is 0.915. The Labute approximate surface area is 124 Å².